The number of thiocarbonyl (C=S) groups is 1. The molecule has 10 heteroatoms. The van der Waals surface area contributed by atoms with Gasteiger partial charge in [0.25, 0.3) is 5.91 Å². The van der Waals surface area contributed by atoms with Gasteiger partial charge in [-0.15, -0.1) is 0 Å². The summed E-state index contributed by atoms with van der Waals surface area (Å²) in [5, 5.41) is 11.3. The first-order valence-corrected chi connectivity index (χ1v) is 14.4. The Morgan fingerprint density at radius 3 is 2.38 bits per heavy atom. The van der Waals surface area contributed by atoms with Crippen LogP contribution >= 0.6 is 24.0 Å². The minimum atomic E-state index is -0.791. The van der Waals surface area contributed by atoms with Gasteiger partial charge in [-0.05, 0) is 80.0 Å². The van der Waals surface area contributed by atoms with E-state index in [-0.39, 0.29) is 45.7 Å². The first kappa shape index (κ1) is 24.8. The molecule has 3 aromatic rings. The van der Waals surface area contributed by atoms with Gasteiger partial charge in [0.1, 0.15) is 27.2 Å². The van der Waals surface area contributed by atoms with E-state index in [2.05, 4.69) is 0 Å². The number of fused-ring (bicyclic) bond motifs is 1. The molecule has 4 bridgehead atoms. The van der Waals surface area contributed by atoms with E-state index in [1.165, 1.54) is 58.1 Å². The van der Waals surface area contributed by atoms with Crippen LogP contribution in [-0.4, -0.2) is 40.5 Å². The van der Waals surface area contributed by atoms with Gasteiger partial charge < -0.3 is 23.4 Å². The zero-order valence-electron chi connectivity index (χ0n) is 21.5. The standard InChI is InChI=1S/C29H27NO7S2/c1-34-20-6-4-18-24(31)22(28(33)37-25(18)26(20)35-2)19-5-3-17(36-19)12-21-27(32)30(29(38)39-21)23-15-8-13-7-14(10-15)11-16(23)9-13/h3-6,12-16,23,31H,7-11H2,1-2H3/b21-12-. The molecule has 8 nitrogen and oxygen atoms in total. The minimum absolute atomic E-state index is 0.0725. The van der Waals surface area contributed by atoms with Crippen LogP contribution in [0.15, 0.2) is 42.8 Å². The third-order valence-electron chi connectivity index (χ3n) is 8.84. The van der Waals surface area contributed by atoms with Crippen LogP contribution in [0.1, 0.15) is 37.9 Å². The predicted octanol–water partition coefficient (Wildman–Crippen LogP) is 5.80. The van der Waals surface area contributed by atoms with Gasteiger partial charge in [-0.2, -0.15) is 0 Å². The number of amides is 1. The molecule has 0 unspecified atom stereocenters. The Kier molecular flexibility index (Phi) is 5.82. The third kappa shape index (κ3) is 3.82. The van der Waals surface area contributed by atoms with Gasteiger partial charge in [0.15, 0.2) is 11.3 Å². The number of furan rings is 1. The van der Waals surface area contributed by atoms with Crippen molar-refractivity contribution in [1.29, 1.82) is 0 Å². The van der Waals surface area contributed by atoms with Crippen molar-refractivity contribution in [3.63, 3.8) is 0 Å². The van der Waals surface area contributed by atoms with Crippen molar-refractivity contribution in [3.05, 3.63) is 45.4 Å². The molecule has 39 heavy (non-hydrogen) atoms. The Bertz CT molecular complexity index is 1590. The third-order valence-corrected chi connectivity index (χ3v) is 10.2. The average molecular weight is 566 g/mol. The quantitative estimate of drug-likeness (QED) is 0.234. The molecule has 3 heterocycles. The number of carbonyl (C=O) groups excluding carboxylic acids is 1. The van der Waals surface area contributed by atoms with E-state index in [1.807, 2.05) is 4.90 Å². The van der Waals surface area contributed by atoms with Crippen LogP contribution in [0, 0.1) is 23.7 Å². The molecule has 0 spiro atoms. The molecule has 0 radical (unpaired) electrons. The van der Waals surface area contributed by atoms with Crippen LogP contribution in [0.4, 0.5) is 0 Å². The van der Waals surface area contributed by atoms with Crippen molar-refractivity contribution in [2.45, 2.75) is 38.1 Å². The second kappa shape index (κ2) is 9.16. The van der Waals surface area contributed by atoms with Crippen molar-refractivity contribution >= 4 is 51.3 Å². The number of rotatable bonds is 5. The Balaban J connectivity index is 1.19. The molecule has 5 fully saturated rings. The van der Waals surface area contributed by atoms with E-state index in [4.69, 9.17) is 30.5 Å². The van der Waals surface area contributed by atoms with Crippen LogP contribution in [0.5, 0.6) is 17.2 Å². The summed E-state index contributed by atoms with van der Waals surface area (Å²) in [6.45, 7) is 0. The number of benzene rings is 1. The Morgan fingerprint density at radius 1 is 1.00 bits per heavy atom. The maximum Gasteiger partial charge on any atom is 0.351 e. The van der Waals surface area contributed by atoms with E-state index in [0.29, 0.717) is 32.6 Å². The first-order valence-electron chi connectivity index (χ1n) is 13.1. The molecule has 1 aromatic carbocycles. The molecule has 2 aromatic heterocycles. The number of hydrogen-bond acceptors (Lipinski definition) is 9. The lowest BCUT2D eigenvalue weighted by atomic mass is 9.54. The van der Waals surface area contributed by atoms with Gasteiger partial charge in [-0.3, -0.25) is 9.69 Å². The molecule has 202 valence electrons. The first-order chi connectivity index (χ1) is 18.9. The lowest BCUT2D eigenvalue weighted by Crippen LogP contribution is -2.57. The summed E-state index contributed by atoms with van der Waals surface area (Å²) < 4.78 is 22.6. The van der Waals surface area contributed by atoms with Crippen LogP contribution in [0.2, 0.25) is 0 Å². The van der Waals surface area contributed by atoms with Gasteiger partial charge in [-0.1, -0.05) is 24.0 Å². The van der Waals surface area contributed by atoms with Gasteiger partial charge in [-0.25, -0.2) is 4.79 Å². The van der Waals surface area contributed by atoms with E-state index in [0.717, 1.165) is 11.8 Å². The molecule has 0 atom stereocenters. The monoisotopic (exact) mass is 565 g/mol. The van der Waals surface area contributed by atoms with Crippen molar-refractivity contribution in [2.75, 3.05) is 14.2 Å². The number of thioether (sulfide) groups is 1. The molecule has 1 saturated heterocycles. The number of aromatic hydroxyl groups is 1. The summed E-state index contributed by atoms with van der Waals surface area (Å²) >= 11 is 7.00. The van der Waals surface area contributed by atoms with Crippen molar-refractivity contribution in [3.8, 4) is 28.6 Å². The number of methoxy groups -OCH3 is 2. The van der Waals surface area contributed by atoms with Gasteiger partial charge in [0, 0.05) is 12.1 Å². The SMILES string of the molecule is COc1ccc2c(O)c(-c3ccc(/C=C4\SC(=S)N(C5C6CC7CC(C6)CC5C7)C4=O)o3)c(=O)oc2c1OC. The lowest BCUT2D eigenvalue weighted by Gasteiger charge is -2.56. The molecule has 4 saturated carbocycles. The fourth-order valence-electron chi connectivity index (χ4n) is 7.53. The van der Waals surface area contributed by atoms with Crippen LogP contribution in [0.25, 0.3) is 28.4 Å². The van der Waals surface area contributed by atoms with Gasteiger partial charge >= 0.3 is 5.63 Å². The fourth-order valence-corrected chi connectivity index (χ4v) is 8.85. The topological polar surface area (TPSA) is 102 Å². The normalized spacial score (nSPS) is 28.7. The summed E-state index contributed by atoms with van der Waals surface area (Å²) in [6, 6.07) is 6.62. The van der Waals surface area contributed by atoms with E-state index < -0.39 is 5.63 Å². The minimum Gasteiger partial charge on any atom is -0.506 e. The highest BCUT2D eigenvalue weighted by Gasteiger charge is 2.53. The summed E-state index contributed by atoms with van der Waals surface area (Å²) in [5.41, 5.74) is -0.834. The van der Waals surface area contributed by atoms with E-state index >= 15 is 0 Å². The van der Waals surface area contributed by atoms with Gasteiger partial charge in [0.2, 0.25) is 5.75 Å². The molecule has 4 aliphatic carbocycles. The molecule has 1 N–H and O–H groups in total. The number of carbonyl (C=O) groups is 1. The summed E-state index contributed by atoms with van der Waals surface area (Å²) in [4.78, 5) is 28.9. The van der Waals surface area contributed by atoms with Crippen molar-refractivity contribution in [1.82, 2.24) is 4.90 Å². The molecule has 5 aliphatic rings. The maximum absolute atomic E-state index is 13.6. The Hall–Kier alpha value is -3.24. The molecular weight excluding hydrogens is 538 g/mol. The predicted molar refractivity (Wildman–Crippen MR) is 151 cm³/mol. The van der Waals surface area contributed by atoms with Gasteiger partial charge in [0.05, 0.1) is 24.5 Å². The smallest absolute Gasteiger partial charge is 0.351 e. The molecular formula is C29H27NO7S2. The molecule has 8 rings (SSSR count). The maximum atomic E-state index is 13.6. The van der Waals surface area contributed by atoms with Crippen molar-refractivity contribution in [2.24, 2.45) is 23.7 Å². The summed E-state index contributed by atoms with van der Waals surface area (Å²) in [6.07, 6.45) is 7.81. The molecule has 1 aliphatic heterocycles. The number of ether oxygens (including phenoxy) is 2. The summed E-state index contributed by atoms with van der Waals surface area (Å²) in [5.74, 6) is 3.40. The highest BCUT2D eigenvalue weighted by Crippen LogP contribution is 2.56. The van der Waals surface area contributed by atoms with E-state index in [9.17, 15) is 14.7 Å². The number of hydrogen-bond donors (Lipinski definition) is 1. The molecule has 1 amide bonds. The summed E-state index contributed by atoms with van der Waals surface area (Å²) in [7, 11) is 2.89. The van der Waals surface area contributed by atoms with Crippen LogP contribution in [-0.2, 0) is 4.79 Å². The number of nitrogens with zero attached hydrogens (tertiary/aromatic N) is 1. The fraction of sp³-hybridized carbons (Fsp3) is 0.414. The van der Waals surface area contributed by atoms with Crippen LogP contribution < -0.4 is 15.1 Å². The van der Waals surface area contributed by atoms with Crippen LogP contribution in [0.3, 0.4) is 0 Å². The zero-order chi connectivity index (χ0) is 27.0. The largest absolute Gasteiger partial charge is 0.506 e. The highest BCUT2D eigenvalue weighted by atomic mass is 32.2. The lowest BCUT2D eigenvalue weighted by molar-refractivity contribution is -0.130. The second-order valence-corrected chi connectivity index (χ2v) is 12.6. The Morgan fingerprint density at radius 2 is 1.72 bits per heavy atom. The Labute approximate surface area is 233 Å². The van der Waals surface area contributed by atoms with E-state index in [1.54, 1.807) is 30.3 Å². The van der Waals surface area contributed by atoms with Crippen molar-refractivity contribution < 1.29 is 28.2 Å². The zero-order valence-corrected chi connectivity index (χ0v) is 23.1. The average Bonchev–Trinajstić information content (AvgIpc) is 3.47. The second-order valence-electron chi connectivity index (χ2n) is 11.0. The highest BCUT2D eigenvalue weighted by molar-refractivity contribution is 8.26.